The Labute approximate surface area is 109 Å². The molecule has 0 bridgehead atoms. The first kappa shape index (κ1) is 15.4. The molecular weight excluding hydrogens is 252 g/mol. The average molecular weight is 276 g/mol. The van der Waals surface area contributed by atoms with Gasteiger partial charge in [-0.1, -0.05) is 13.8 Å². The van der Waals surface area contributed by atoms with Gasteiger partial charge in [0.2, 0.25) is 0 Å². The predicted molar refractivity (Wildman–Crippen MR) is 72.6 cm³/mol. The van der Waals surface area contributed by atoms with Gasteiger partial charge in [-0.15, -0.1) is 0 Å². The Balaban J connectivity index is 2.78. The molecule has 0 heterocycles. The van der Waals surface area contributed by atoms with Crippen LogP contribution in [0.25, 0.3) is 0 Å². The van der Waals surface area contributed by atoms with Gasteiger partial charge in [-0.3, -0.25) is 5.41 Å². The Morgan fingerprint density at radius 3 is 2.44 bits per heavy atom. The fourth-order valence-corrected chi connectivity index (χ4v) is 3.58. The molecule has 18 heavy (non-hydrogen) atoms. The maximum atomic E-state index is 11.9. The summed E-state index contributed by atoms with van der Waals surface area (Å²) in [6.07, 6.45) is 3.68. The fraction of sp³-hybridized carbons (Fsp3) is 0.909. The van der Waals surface area contributed by atoms with Gasteiger partial charge >= 0.3 is 0 Å². The first-order valence-electron chi connectivity index (χ1n) is 6.44. The van der Waals surface area contributed by atoms with Gasteiger partial charge in [-0.05, 0) is 38.0 Å². The lowest BCUT2D eigenvalue weighted by atomic mass is 9.77. The van der Waals surface area contributed by atoms with Gasteiger partial charge in [-0.2, -0.15) is 13.1 Å². The molecule has 1 saturated carbocycles. The number of rotatable bonds is 6. The van der Waals surface area contributed by atoms with Crippen molar-refractivity contribution in [2.45, 2.75) is 51.5 Å². The minimum absolute atomic E-state index is 0.0868. The third-order valence-corrected chi connectivity index (χ3v) is 4.76. The molecule has 0 spiro atoms. The number of hydrogen-bond acceptors (Lipinski definition) is 3. The molecule has 6 nitrogen and oxygen atoms in total. The van der Waals surface area contributed by atoms with E-state index in [0.29, 0.717) is 25.3 Å². The zero-order chi connectivity index (χ0) is 13.8. The first-order valence-corrected chi connectivity index (χ1v) is 7.93. The van der Waals surface area contributed by atoms with E-state index in [-0.39, 0.29) is 5.84 Å². The highest BCUT2D eigenvalue weighted by Gasteiger charge is 2.40. The number of amidine groups is 1. The van der Waals surface area contributed by atoms with Gasteiger partial charge in [0.25, 0.3) is 10.2 Å². The molecule has 0 aromatic carbocycles. The van der Waals surface area contributed by atoms with Crippen LogP contribution < -0.4 is 15.2 Å². The van der Waals surface area contributed by atoms with E-state index in [0.717, 1.165) is 19.3 Å². The van der Waals surface area contributed by atoms with Crippen molar-refractivity contribution in [1.82, 2.24) is 9.44 Å². The summed E-state index contributed by atoms with van der Waals surface area (Å²) in [7, 11) is -3.59. The molecule has 7 heteroatoms. The van der Waals surface area contributed by atoms with E-state index in [1.165, 1.54) is 0 Å². The fourth-order valence-electron chi connectivity index (χ4n) is 2.21. The third kappa shape index (κ3) is 3.93. The quantitative estimate of drug-likeness (QED) is 0.423. The van der Waals surface area contributed by atoms with Crippen LogP contribution in [0.1, 0.15) is 46.0 Å². The predicted octanol–water partition coefficient (Wildman–Crippen LogP) is 0.705. The van der Waals surface area contributed by atoms with Gasteiger partial charge in [-0.25, -0.2) is 4.72 Å². The summed E-state index contributed by atoms with van der Waals surface area (Å²) in [5, 5.41) is 7.68. The summed E-state index contributed by atoms with van der Waals surface area (Å²) in [6.45, 7) is 4.42. The second kappa shape index (κ2) is 5.99. The van der Waals surface area contributed by atoms with E-state index < -0.39 is 15.7 Å². The van der Waals surface area contributed by atoms with Crippen molar-refractivity contribution in [3.05, 3.63) is 0 Å². The molecule has 0 aliphatic heterocycles. The highest BCUT2D eigenvalue weighted by molar-refractivity contribution is 7.87. The molecule has 1 aliphatic rings. The van der Waals surface area contributed by atoms with Crippen molar-refractivity contribution in [3.63, 3.8) is 0 Å². The van der Waals surface area contributed by atoms with Gasteiger partial charge < -0.3 is 5.73 Å². The van der Waals surface area contributed by atoms with Gasteiger partial charge in [0.15, 0.2) is 0 Å². The van der Waals surface area contributed by atoms with Gasteiger partial charge in [0.05, 0.1) is 5.54 Å². The van der Waals surface area contributed by atoms with Crippen molar-refractivity contribution in [3.8, 4) is 0 Å². The molecule has 0 saturated heterocycles. The van der Waals surface area contributed by atoms with Crippen LogP contribution in [0, 0.1) is 11.3 Å². The van der Waals surface area contributed by atoms with E-state index in [2.05, 4.69) is 16.4 Å². The summed E-state index contributed by atoms with van der Waals surface area (Å²) in [5.41, 5.74) is 4.72. The molecule has 1 aliphatic carbocycles. The first-order chi connectivity index (χ1) is 8.31. The highest BCUT2D eigenvalue weighted by Crippen LogP contribution is 2.32. The molecular formula is C11H24N4O2S. The van der Waals surface area contributed by atoms with Crippen LogP contribution >= 0.6 is 0 Å². The standard InChI is InChI=1S/C11H24N4O2S/c1-3-8-14-18(16,17)15-11(10(12)13)6-4-9(2)5-7-11/h9,14-15H,3-8H2,1-2H3,(H3,12,13). The largest absolute Gasteiger partial charge is 0.386 e. The highest BCUT2D eigenvalue weighted by atomic mass is 32.2. The Hall–Kier alpha value is -0.660. The normalized spacial score (nSPS) is 29.1. The van der Waals surface area contributed by atoms with Crippen molar-refractivity contribution in [1.29, 1.82) is 5.41 Å². The molecule has 1 rings (SSSR count). The van der Waals surface area contributed by atoms with Crippen LogP contribution in [0.5, 0.6) is 0 Å². The van der Waals surface area contributed by atoms with Crippen molar-refractivity contribution < 1.29 is 8.42 Å². The third-order valence-electron chi connectivity index (χ3n) is 3.52. The minimum Gasteiger partial charge on any atom is -0.386 e. The minimum atomic E-state index is -3.59. The van der Waals surface area contributed by atoms with Crippen LogP contribution in [0.2, 0.25) is 0 Å². The molecule has 0 aromatic heterocycles. The lowest BCUT2D eigenvalue weighted by Gasteiger charge is -2.38. The number of nitrogens with two attached hydrogens (primary N) is 1. The van der Waals surface area contributed by atoms with Crippen molar-refractivity contribution in [2.75, 3.05) is 6.54 Å². The van der Waals surface area contributed by atoms with E-state index in [4.69, 9.17) is 11.1 Å². The topological polar surface area (TPSA) is 108 Å². The molecule has 5 N–H and O–H groups in total. The summed E-state index contributed by atoms with van der Waals surface area (Å²) in [4.78, 5) is 0. The summed E-state index contributed by atoms with van der Waals surface area (Å²) in [5.74, 6) is 0.474. The van der Waals surface area contributed by atoms with Gasteiger partial charge in [0, 0.05) is 6.54 Å². The summed E-state index contributed by atoms with van der Waals surface area (Å²) < 4.78 is 28.8. The molecule has 0 atom stereocenters. The monoisotopic (exact) mass is 276 g/mol. The smallest absolute Gasteiger partial charge is 0.277 e. The van der Waals surface area contributed by atoms with Crippen LogP contribution in [0.15, 0.2) is 0 Å². The second-order valence-corrected chi connectivity index (χ2v) is 6.68. The maximum Gasteiger partial charge on any atom is 0.277 e. The SMILES string of the molecule is CCCNS(=O)(=O)NC1(C(=N)N)CCC(C)CC1. The number of nitrogens with one attached hydrogen (secondary N) is 3. The Kier molecular flexibility index (Phi) is 5.12. The lowest BCUT2D eigenvalue weighted by Crippen LogP contribution is -2.60. The molecule has 0 unspecified atom stereocenters. The maximum absolute atomic E-state index is 11.9. The summed E-state index contributed by atoms with van der Waals surface area (Å²) >= 11 is 0. The van der Waals surface area contributed by atoms with Crippen LogP contribution in [0.3, 0.4) is 0 Å². The molecule has 0 aromatic rings. The zero-order valence-corrected chi connectivity index (χ0v) is 11.9. The molecule has 0 amide bonds. The van der Waals surface area contributed by atoms with Crippen molar-refractivity contribution in [2.24, 2.45) is 11.7 Å². The number of hydrogen-bond donors (Lipinski definition) is 4. The van der Waals surface area contributed by atoms with Gasteiger partial charge in [0.1, 0.15) is 5.84 Å². The van der Waals surface area contributed by atoms with E-state index in [9.17, 15) is 8.42 Å². The molecule has 0 radical (unpaired) electrons. The van der Waals surface area contributed by atoms with Crippen LogP contribution in [0.4, 0.5) is 0 Å². The van der Waals surface area contributed by atoms with Crippen LogP contribution in [-0.2, 0) is 10.2 Å². The molecule has 106 valence electrons. The second-order valence-electron chi connectivity index (χ2n) is 5.18. The summed E-state index contributed by atoms with van der Waals surface area (Å²) in [6, 6.07) is 0. The molecule has 1 fully saturated rings. The lowest BCUT2D eigenvalue weighted by molar-refractivity contribution is 0.285. The van der Waals surface area contributed by atoms with E-state index in [1.807, 2.05) is 6.92 Å². The van der Waals surface area contributed by atoms with Crippen molar-refractivity contribution >= 4 is 16.0 Å². The Morgan fingerprint density at radius 2 is 2.00 bits per heavy atom. The Bertz CT molecular complexity index is 386. The average Bonchev–Trinajstić information content (AvgIpc) is 2.29. The van der Waals surface area contributed by atoms with E-state index in [1.54, 1.807) is 0 Å². The zero-order valence-electron chi connectivity index (χ0n) is 11.1. The van der Waals surface area contributed by atoms with E-state index >= 15 is 0 Å². The Morgan fingerprint density at radius 1 is 1.44 bits per heavy atom. The van der Waals surface area contributed by atoms with Crippen LogP contribution in [-0.4, -0.2) is 26.3 Å².